The van der Waals surface area contributed by atoms with E-state index in [0.29, 0.717) is 17.8 Å². The van der Waals surface area contributed by atoms with Crippen LogP contribution in [0.15, 0.2) is 48.5 Å². The molecular weight excluding hydrogens is 318 g/mol. The molecule has 2 amide bonds. The summed E-state index contributed by atoms with van der Waals surface area (Å²) in [4.78, 5) is 24.5. The van der Waals surface area contributed by atoms with Crippen molar-refractivity contribution in [3.05, 3.63) is 65.2 Å². The van der Waals surface area contributed by atoms with Crippen molar-refractivity contribution in [3.63, 3.8) is 0 Å². The highest BCUT2D eigenvalue weighted by atomic mass is 16.5. The van der Waals surface area contributed by atoms with Gasteiger partial charge in [-0.25, -0.2) is 0 Å². The third kappa shape index (κ3) is 5.32. The second-order valence-corrected chi connectivity index (χ2v) is 5.75. The normalized spacial score (nSPS) is 11.6. The fraction of sp³-hybridized carbons (Fsp3) is 0.263. The fourth-order valence-electron chi connectivity index (χ4n) is 2.42. The smallest absolute Gasteiger partial charge is 0.247 e. The van der Waals surface area contributed by atoms with E-state index in [4.69, 9.17) is 10.5 Å². The number of ether oxygens (including phenoxy) is 1. The van der Waals surface area contributed by atoms with Crippen LogP contribution in [0.3, 0.4) is 0 Å². The molecule has 0 heterocycles. The number of hydrogen-bond acceptors (Lipinski definition) is 4. The summed E-state index contributed by atoms with van der Waals surface area (Å²) in [6.07, 6.45) is 0. The van der Waals surface area contributed by atoms with Crippen LogP contribution in [0, 0.1) is 6.92 Å². The summed E-state index contributed by atoms with van der Waals surface area (Å²) >= 11 is 0. The molecule has 0 saturated carbocycles. The molecule has 25 heavy (non-hydrogen) atoms. The van der Waals surface area contributed by atoms with E-state index in [1.165, 1.54) is 7.11 Å². The van der Waals surface area contributed by atoms with Gasteiger partial charge < -0.3 is 21.1 Å². The van der Waals surface area contributed by atoms with Crippen LogP contribution >= 0.6 is 0 Å². The van der Waals surface area contributed by atoms with Gasteiger partial charge in [-0.15, -0.1) is 0 Å². The minimum Gasteiger partial charge on any atom is -0.399 e. The third-order valence-corrected chi connectivity index (χ3v) is 3.78. The fourth-order valence-corrected chi connectivity index (χ4v) is 2.42. The zero-order valence-corrected chi connectivity index (χ0v) is 14.4. The molecular formula is C19H23N3O3. The second kappa shape index (κ2) is 8.84. The van der Waals surface area contributed by atoms with Crippen LogP contribution < -0.4 is 16.4 Å². The number of amides is 2. The number of anilines is 1. The van der Waals surface area contributed by atoms with E-state index >= 15 is 0 Å². The Balaban J connectivity index is 2.09. The summed E-state index contributed by atoms with van der Waals surface area (Å²) in [5.74, 6) is -0.639. The number of nitrogen functional groups attached to an aromatic ring is 1. The van der Waals surface area contributed by atoms with Crippen LogP contribution in [-0.4, -0.2) is 25.5 Å². The number of hydrogen-bond donors (Lipinski definition) is 3. The monoisotopic (exact) mass is 341 g/mol. The Morgan fingerprint density at radius 1 is 1.16 bits per heavy atom. The lowest BCUT2D eigenvalue weighted by Gasteiger charge is -2.19. The molecule has 2 aromatic carbocycles. The maximum atomic E-state index is 12.6. The van der Waals surface area contributed by atoms with Crippen molar-refractivity contribution >= 4 is 17.5 Å². The number of nitrogens with two attached hydrogens (primary N) is 1. The summed E-state index contributed by atoms with van der Waals surface area (Å²) in [6, 6.07) is 13.9. The van der Waals surface area contributed by atoms with Crippen molar-refractivity contribution in [1.82, 2.24) is 10.6 Å². The number of rotatable bonds is 7. The summed E-state index contributed by atoms with van der Waals surface area (Å²) in [7, 11) is 1.43. The first-order valence-corrected chi connectivity index (χ1v) is 7.97. The lowest BCUT2D eigenvalue weighted by Crippen LogP contribution is -2.41. The molecule has 2 aromatic rings. The Labute approximate surface area is 147 Å². The average Bonchev–Trinajstić information content (AvgIpc) is 2.61. The van der Waals surface area contributed by atoms with Gasteiger partial charge in [0, 0.05) is 19.3 Å². The van der Waals surface area contributed by atoms with Gasteiger partial charge in [0.2, 0.25) is 11.8 Å². The van der Waals surface area contributed by atoms with E-state index in [1.54, 1.807) is 12.1 Å². The van der Waals surface area contributed by atoms with E-state index < -0.39 is 6.04 Å². The molecule has 0 aliphatic rings. The van der Waals surface area contributed by atoms with Crippen LogP contribution in [0.25, 0.3) is 0 Å². The molecule has 0 spiro atoms. The van der Waals surface area contributed by atoms with Crippen molar-refractivity contribution in [2.24, 2.45) is 0 Å². The minimum atomic E-state index is -0.779. The Morgan fingerprint density at radius 2 is 1.88 bits per heavy atom. The standard InChI is InChI=1S/C19H23N3O3/c1-13-10-14(8-9-16(13)20)11-21-19(24)18(22-17(23)12-25-2)15-6-4-3-5-7-15/h3-10,18H,11-12,20H2,1-2H3,(H,21,24)(H,22,23). The SMILES string of the molecule is COCC(=O)NC(C(=O)NCc1ccc(N)c(C)c1)c1ccccc1. The molecule has 4 N–H and O–H groups in total. The maximum absolute atomic E-state index is 12.6. The van der Waals surface area contributed by atoms with Gasteiger partial charge in [-0.2, -0.15) is 0 Å². The van der Waals surface area contributed by atoms with Gasteiger partial charge >= 0.3 is 0 Å². The first kappa shape index (κ1) is 18.5. The van der Waals surface area contributed by atoms with Crippen molar-refractivity contribution < 1.29 is 14.3 Å². The van der Waals surface area contributed by atoms with E-state index in [2.05, 4.69) is 10.6 Å². The minimum absolute atomic E-state index is 0.103. The third-order valence-electron chi connectivity index (χ3n) is 3.78. The highest BCUT2D eigenvalue weighted by Crippen LogP contribution is 2.15. The molecule has 132 valence electrons. The molecule has 0 fully saturated rings. The van der Waals surface area contributed by atoms with Crippen molar-refractivity contribution in [2.75, 3.05) is 19.5 Å². The number of methoxy groups -OCH3 is 1. The largest absolute Gasteiger partial charge is 0.399 e. The highest BCUT2D eigenvalue weighted by molar-refractivity contribution is 5.89. The van der Waals surface area contributed by atoms with Crippen LogP contribution in [-0.2, 0) is 20.9 Å². The summed E-state index contributed by atoms with van der Waals surface area (Å²) in [5.41, 5.74) is 9.12. The van der Waals surface area contributed by atoms with E-state index in [9.17, 15) is 9.59 Å². The van der Waals surface area contributed by atoms with Crippen molar-refractivity contribution in [2.45, 2.75) is 19.5 Å². The molecule has 6 nitrogen and oxygen atoms in total. The lowest BCUT2D eigenvalue weighted by molar-refractivity contribution is -0.131. The van der Waals surface area contributed by atoms with Gasteiger partial charge in [0.1, 0.15) is 12.6 Å². The molecule has 6 heteroatoms. The Hall–Kier alpha value is -2.86. The van der Waals surface area contributed by atoms with Gasteiger partial charge in [0.05, 0.1) is 0 Å². The molecule has 0 aromatic heterocycles. The summed E-state index contributed by atoms with van der Waals surface area (Å²) in [6.45, 7) is 2.16. The predicted octanol–water partition coefficient (Wildman–Crippen LogP) is 1.70. The van der Waals surface area contributed by atoms with E-state index in [1.807, 2.05) is 43.3 Å². The van der Waals surface area contributed by atoms with Crippen LogP contribution in [0.4, 0.5) is 5.69 Å². The first-order valence-electron chi connectivity index (χ1n) is 7.97. The number of carbonyl (C=O) groups excluding carboxylic acids is 2. The van der Waals surface area contributed by atoms with E-state index in [0.717, 1.165) is 11.1 Å². The molecule has 0 saturated heterocycles. The van der Waals surface area contributed by atoms with Gasteiger partial charge in [-0.3, -0.25) is 9.59 Å². The number of carbonyl (C=O) groups is 2. The van der Waals surface area contributed by atoms with E-state index in [-0.39, 0.29) is 18.4 Å². The molecule has 1 unspecified atom stereocenters. The van der Waals surface area contributed by atoms with Gasteiger partial charge in [0.25, 0.3) is 0 Å². The predicted molar refractivity (Wildman–Crippen MR) is 96.6 cm³/mol. The topological polar surface area (TPSA) is 93.4 Å². The Kier molecular flexibility index (Phi) is 6.54. The Bertz CT molecular complexity index is 732. The van der Waals surface area contributed by atoms with Crippen molar-refractivity contribution in [1.29, 1.82) is 0 Å². The molecule has 1 atom stereocenters. The summed E-state index contributed by atoms with van der Waals surface area (Å²) < 4.78 is 4.82. The number of nitrogens with one attached hydrogen (secondary N) is 2. The zero-order valence-electron chi connectivity index (χ0n) is 14.4. The van der Waals surface area contributed by atoms with Gasteiger partial charge in [-0.05, 0) is 29.7 Å². The second-order valence-electron chi connectivity index (χ2n) is 5.75. The highest BCUT2D eigenvalue weighted by Gasteiger charge is 2.22. The zero-order chi connectivity index (χ0) is 18.2. The quantitative estimate of drug-likeness (QED) is 0.668. The van der Waals surface area contributed by atoms with Crippen LogP contribution in [0.1, 0.15) is 22.7 Å². The number of aryl methyl sites for hydroxylation is 1. The molecule has 0 radical (unpaired) electrons. The molecule has 0 bridgehead atoms. The van der Waals surface area contributed by atoms with Crippen LogP contribution in [0.5, 0.6) is 0 Å². The van der Waals surface area contributed by atoms with Crippen molar-refractivity contribution in [3.8, 4) is 0 Å². The maximum Gasteiger partial charge on any atom is 0.247 e. The molecule has 0 aliphatic carbocycles. The van der Waals surface area contributed by atoms with Gasteiger partial charge in [-0.1, -0.05) is 42.5 Å². The van der Waals surface area contributed by atoms with Gasteiger partial charge in [0.15, 0.2) is 0 Å². The first-order chi connectivity index (χ1) is 12.0. The molecule has 2 rings (SSSR count). The number of benzene rings is 2. The molecule has 0 aliphatic heterocycles. The van der Waals surface area contributed by atoms with Crippen LogP contribution in [0.2, 0.25) is 0 Å². The lowest BCUT2D eigenvalue weighted by atomic mass is 10.1. The summed E-state index contributed by atoms with van der Waals surface area (Å²) in [5, 5.41) is 5.55. The Morgan fingerprint density at radius 3 is 2.52 bits per heavy atom. The average molecular weight is 341 g/mol.